The average Bonchev–Trinajstić information content (AvgIpc) is 3.65. The van der Waals surface area contributed by atoms with Crippen LogP contribution in [0.4, 0.5) is 5.69 Å². The molecule has 0 N–H and O–H groups in total. The molecule has 0 aliphatic heterocycles. The minimum Gasteiger partial charge on any atom is -0.447 e. The summed E-state index contributed by atoms with van der Waals surface area (Å²) < 4.78 is 12.7. The molecule has 5 rings (SSSR count). The van der Waals surface area contributed by atoms with Gasteiger partial charge in [0.05, 0.1) is 15.5 Å². The number of rotatable bonds is 7. The lowest BCUT2D eigenvalue weighted by molar-refractivity contribution is -0.384. The Balaban J connectivity index is 1.36. The third-order valence-electron chi connectivity index (χ3n) is 4.93. The van der Waals surface area contributed by atoms with Gasteiger partial charge in [0, 0.05) is 17.7 Å². The van der Waals surface area contributed by atoms with Gasteiger partial charge in [0.25, 0.3) is 17.4 Å². The third-order valence-corrected chi connectivity index (χ3v) is 5.80. The van der Waals surface area contributed by atoms with Crippen LogP contribution in [0.25, 0.3) is 27.8 Å². The second-order valence-corrected chi connectivity index (χ2v) is 8.23. The molecule has 174 valence electrons. The molecule has 3 heterocycles. The highest BCUT2D eigenvalue weighted by molar-refractivity contribution is 7.13. The molecule has 5 aromatic rings. The van der Waals surface area contributed by atoms with Gasteiger partial charge in [0.2, 0.25) is 5.89 Å². The van der Waals surface area contributed by atoms with Gasteiger partial charge in [0.1, 0.15) is 0 Å². The SMILES string of the molecule is CC(OC(=O)c1nc(-c2cccs2)n(-c2ccccc2)n1)c1nnc(-c2ccc([N+](=O)[O-])cc2)o1. The molecule has 1 atom stereocenters. The minimum atomic E-state index is -0.879. The quantitative estimate of drug-likeness (QED) is 0.178. The van der Waals surface area contributed by atoms with E-state index in [4.69, 9.17) is 9.15 Å². The number of nitrogens with zero attached hydrogens (tertiary/aromatic N) is 6. The van der Waals surface area contributed by atoms with Crippen LogP contribution in [-0.4, -0.2) is 35.9 Å². The molecule has 3 aromatic heterocycles. The van der Waals surface area contributed by atoms with Crippen LogP contribution in [0.2, 0.25) is 0 Å². The van der Waals surface area contributed by atoms with E-state index in [0.29, 0.717) is 11.4 Å². The lowest BCUT2D eigenvalue weighted by Gasteiger charge is -2.07. The van der Waals surface area contributed by atoms with Crippen LogP contribution in [0.3, 0.4) is 0 Å². The minimum absolute atomic E-state index is 0.0554. The predicted octanol–water partition coefficient (Wildman–Crippen LogP) is 4.87. The highest BCUT2D eigenvalue weighted by atomic mass is 32.1. The van der Waals surface area contributed by atoms with E-state index in [1.807, 2.05) is 47.8 Å². The number of esters is 1. The lowest BCUT2D eigenvalue weighted by atomic mass is 10.2. The van der Waals surface area contributed by atoms with Crippen molar-refractivity contribution in [2.75, 3.05) is 0 Å². The molecule has 0 spiro atoms. The van der Waals surface area contributed by atoms with Crippen LogP contribution in [0.5, 0.6) is 0 Å². The van der Waals surface area contributed by atoms with E-state index in [2.05, 4.69) is 20.3 Å². The van der Waals surface area contributed by atoms with Crippen LogP contribution in [0.1, 0.15) is 29.5 Å². The molecule has 35 heavy (non-hydrogen) atoms. The Bertz CT molecular complexity index is 1480. The summed E-state index contributed by atoms with van der Waals surface area (Å²) in [5, 5.41) is 25.0. The number of benzene rings is 2. The van der Waals surface area contributed by atoms with Crippen LogP contribution in [0, 0.1) is 10.1 Å². The lowest BCUT2D eigenvalue weighted by Crippen LogP contribution is -2.11. The van der Waals surface area contributed by atoms with Crippen LogP contribution in [0.15, 0.2) is 76.5 Å². The number of nitro groups is 1. The second kappa shape index (κ2) is 9.27. The number of hydrogen-bond acceptors (Lipinski definition) is 10. The predicted molar refractivity (Wildman–Crippen MR) is 125 cm³/mol. The fourth-order valence-corrected chi connectivity index (χ4v) is 3.92. The topological polar surface area (TPSA) is 139 Å². The molecule has 0 radical (unpaired) electrons. The number of thiophene rings is 1. The van der Waals surface area contributed by atoms with Crippen molar-refractivity contribution in [3.63, 3.8) is 0 Å². The van der Waals surface area contributed by atoms with Crippen molar-refractivity contribution in [1.82, 2.24) is 25.0 Å². The molecule has 0 aliphatic rings. The first-order valence-electron chi connectivity index (χ1n) is 10.3. The van der Waals surface area contributed by atoms with Gasteiger partial charge in [0.15, 0.2) is 11.9 Å². The van der Waals surface area contributed by atoms with Crippen molar-refractivity contribution in [2.24, 2.45) is 0 Å². The molecule has 0 bridgehead atoms. The summed E-state index contributed by atoms with van der Waals surface area (Å²) in [5.41, 5.74) is 1.19. The molecule has 11 nitrogen and oxygen atoms in total. The maximum Gasteiger partial charge on any atom is 0.379 e. The maximum absolute atomic E-state index is 12.9. The van der Waals surface area contributed by atoms with E-state index in [-0.39, 0.29) is 23.3 Å². The van der Waals surface area contributed by atoms with E-state index < -0.39 is 17.0 Å². The van der Waals surface area contributed by atoms with Gasteiger partial charge in [-0.05, 0) is 42.6 Å². The maximum atomic E-state index is 12.9. The summed E-state index contributed by atoms with van der Waals surface area (Å²) in [6.45, 7) is 1.58. The van der Waals surface area contributed by atoms with E-state index in [9.17, 15) is 14.9 Å². The number of para-hydroxylation sites is 1. The molecule has 0 saturated carbocycles. The molecule has 0 fully saturated rings. The average molecular weight is 488 g/mol. The summed E-state index contributed by atoms with van der Waals surface area (Å²) >= 11 is 1.48. The summed E-state index contributed by atoms with van der Waals surface area (Å²) in [7, 11) is 0. The van der Waals surface area contributed by atoms with Crippen molar-refractivity contribution in [1.29, 1.82) is 0 Å². The summed E-state index contributed by atoms with van der Waals surface area (Å²) in [4.78, 5) is 28.5. The fraction of sp³-hybridized carbons (Fsp3) is 0.0870. The fourth-order valence-electron chi connectivity index (χ4n) is 3.22. The number of nitro benzene ring substituents is 1. The number of non-ortho nitro benzene ring substituents is 1. The number of carbonyl (C=O) groups excluding carboxylic acids is 1. The molecular weight excluding hydrogens is 472 g/mol. The molecule has 0 aliphatic carbocycles. The molecule has 12 heteroatoms. The van der Waals surface area contributed by atoms with Gasteiger partial charge >= 0.3 is 5.97 Å². The second-order valence-electron chi connectivity index (χ2n) is 7.28. The van der Waals surface area contributed by atoms with Crippen LogP contribution >= 0.6 is 11.3 Å². The zero-order valence-electron chi connectivity index (χ0n) is 18.1. The van der Waals surface area contributed by atoms with Gasteiger partial charge in [-0.1, -0.05) is 24.3 Å². The number of hydrogen-bond donors (Lipinski definition) is 0. The van der Waals surface area contributed by atoms with Gasteiger partial charge in [-0.25, -0.2) is 9.48 Å². The van der Waals surface area contributed by atoms with E-state index >= 15 is 0 Å². The Morgan fingerprint density at radius 2 is 1.86 bits per heavy atom. The number of aromatic nitrogens is 5. The normalized spacial score (nSPS) is 11.8. The highest BCUT2D eigenvalue weighted by Gasteiger charge is 2.25. The Hall–Kier alpha value is -4.71. The monoisotopic (exact) mass is 488 g/mol. The summed E-state index contributed by atoms with van der Waals surface area (Å²) in [6.07, 6.45) is -0.879. The largest absolute Gasteiger partial charge is 0.447 e. The van der Waals surface area contributed by atoms with E-state index in [0.717, 1.165) is 10.6 Å². The summed E-state index contributed by atoms with van der Waals surface area (Å²) in [6, 6.07) is 18.8. The Morgan fingerprint density at radius 3 is 2.54 bits per heavy atom. The highest BCUT2D eigenvalue weighted by Crippen LogP contribution is 2.27. The van der Waals surface area contributed by atoms with Crippen molar-refractivity contribution in [3.05, 3.63) is 93.9 Å². The summed E-state index contributed by atoms with van der Waals surface area (Å²) in [5.74, 6) is -0.139. The van der Waals surface area contributed by atoms with Crippen molar-refractivity contribution in [2.45, 2.75) is 13.0 Å². The van der Waals surface area contributed by atoms with Crippen LogP contribution in [-0.2, 0) is 4.74 Å². The van der Waals surface area contributed by atoms with E-state index in [1.54, 1.807) is 11.6 Å². The van der Waals surface area contributed by atoms with Gasteiger partial charge < -0.3 is 9.15 Å². The Kier molecular flexibility index (Phi) is 5.85. The zero-order chi connectivity index (χ0) is 24.4. The molecule has 0 amide bonds. The van der Waals surface area contributed by atoms with Crippen molar-refractivity contribution in [3.8, 4) is 27.8 Å². The van der Waals surface area contributed by atoms with Crippen LogP contribution < -0.4 is 0 Å². The van der Waals surface area contributed by atoms with E-state index in [1.165, 1.54) is 35.6 Å². The third kappa shape index (κ3) is 4.54. The van der Waals surface area contributed by atoms with Crippen molar-refractivity contribution >= 4 is 23.0 Å². The zero-order valence-corrected chi connectivity index (χ0v) is 19.0. The Morgan fingerprint density at radius 1 is 1.09 bits per heavy atom. The standard InChI is InChI=1S/C23H16N6O5S/c1-14(21-25-26-22(34-21)15-9-11-17(12-10-15)29(31)32)33-23(30)19-24-20(18-8-5-13-35-18)28(27-19)16-6-3-2-4-7-16/h2-14H,1H3. The van der Waals surface area contributed by atoms with Crippen molar-refractivity contribution < 1.29 is 18.9 Å². The van der Waals surface area contributed by atoms with Gasteiger partial charge in [-0.2, -0.15) is 4.98 Å². The smallest absolute Gasteiger partial charge is 0.379 e. The Labute approximate surface area is 201 Å². The number of carbonyl (C=O) groups is 1. The van der Waals surface area contributed by atoms with Gasteiger partial charge in [-0.3, -0.25) is 10.1 Å². The number of ether oxygens (including phenoxy) is 1. The molecule has 0 saturated heterocycles. The first-order chi connectivity index (χ1) is 17.0. The molecule has 2 aromatic carbocycles. The van der Waals surface area contributed by atoms with Gasteiger partial charge in [-0.15, -0.1) is 26.6 Å². The first-order valence-corrected chi connectivity index (χ1v) is 11.2. The molecule has 1 unspecified atom stereocenters. The first kappa shape index (κ1) is 22.1. The molecular formula is C23H16N6O5S.